The lowest BCUT2D eigenvalue weighted by Crippen LogP contribution is -2.27. The van der Waals surface area contributed by atoms with Crippen LogP contribution < -0.4 is 5.32 Å². The Labute approximate surface area is 146 Å². The van der Waals surface area contributed by atoms with Crippen LogP contribution in [0.4, 0.5) is 0 Å². The molecule has 0 fully saturated rings. The second-order valence-corrected chi connectivity index (χ2v) is 6.72. The number of hydrogen-bond donors (Lipinski definition) is 1. The van der Waals surface area contributed by atoms with Crippen LogP contribution in [0.5, 0.6) is 0 Å². The number of halogens is 1. The molecule has 1 N–H and O–H groups in total. The van der Waals surface area contributed by atoms with Gasteiger partial charge in [-0.2, -0.15) is 0 Å². The number of nitrogens with one attached hydrogen (secondary N) is 1. The van der Waals surface area contributed by atoms with E-state index in [0.29, 0.717) is 35.3 Å². The second-order valence-electron chi connectivity index (χ2n) is 6.32. The summed E-state index contributed by atoms with van der Waals surface area (Å²) in [6.45, 7) is 5.46. The molecule has 4 nitrogen and oxygen atoms in total. The van der Waals surface area contributed by atoms with Gasteiger partial charge in [-0.15, -0.1) is 0 Å². The first-order valence-corrected chi connectivity index (χ1v) is 8.52. The Morgan fingerprint density at radius 3 is 2.83 bits per heavy atom. The molecular formula is C19H21ClN2O2. The number of furan rings is 1. The summed E-state index contributed by atoms with van der Waals surface area (Å²) in [5.74, 6) is 0.464. The van der Waals surface area contributed by atoms with Gasteiger partial charge in [-0.1, -0.05) is 43.6 Å². The molecule has 1 aromatic carbocycles. The minimum atomic E-state index is -0.0888. The molecule has 0 radical (unpaired) electrons. The number of fused-ring (bicyclic) bond motifs is 1. The largest absolute Gasteiger partial charge is 0.463 e. The fourth-order valence-corrected chi connectivity index (χ4v) is 2.89. The van der Waals surface area contributed by atoms with Crippen molar-refractivity contribution in [2.75, 3.05) is 6.54 Å². The molecule has 24 heavy (non-hydrogen) atoms. The van der Waals surface area contributed by atoms with Gasteiger partial charge in [0, 0.05) is 30.2 Å². The summed E-state index contributed by atoms with van der Waals surface area (Å²) >= 11 is 6.28. The normalized spacial score (nSPS) is 11.3. The zero-order chi connectivity index (χ0) is 17.1. The van der Waals surface area contributed by atoms with Gasteiger partial charge in [-0.25, -0.2) is 0 Å². The van der Waals surface area contributed by atoms with Crippen molar-refractivity contribution in [2.24, 2.45) is 5.92 Å². The number of hydrogen-bond acceptors (Lipinski definition) is 2. The Hall–Kier alpha value is -2.20. The van der Waals surface area contributed by atoms with Crippen LogP contribution in [-0.2, 0) is 6.54 Å². The van der Waals surface area contributed by atoms with E-state index in [9.17, 15) is 4.79 Å². The van der Waals surface area contributed by atoms with Gasteiger partial charge >= 0.3 is 0 Å². The molecule has 0 aliphatic carbocycles. The van der Waals surface area contributed by atoms with Crippen molar-refractivity contribution in [3.8, 4) is 0 Å². The van der Waals surface area contributed by atoms with Gasteiger partial charge in [0.1, 0.15) is 5.69 Å². The van der Waals surface area contributed by atoms with Crippen molar-refractivity contribution >= 4 is 28.6 Å². The fraction of sp³-hybridized carbons (Fsp3) is 0.316. The highest BCUT2D eigenvalue weighted by Gasteiger charge is 2.18. The maximum Gasteiger partial charge on any atom is 0.268 e. The molecule has 0 bridgehead atoms. The van der Waals surface area contributed by atoms with Crippen LogP contribution in [0.3, 0.4) is 0 Å². The van der Waals surface area contributed by atoms with Crippen molar-refractivity contribution in [2.45, 2.75) is 26.8 Å². The van der Waals surface area contributed by atoms with Crippen LogP contribution in [0, 0.1) is 5.92 Å². The van der Waals surface area contributed by atoms with Crippen molar-refractivity contribution in [1.29, 1.82) is 0 Å². The van der Waals surface area contributed by atoms with Crippen LogP contribution in [0.15, 0.2) is 47.1 Å². The van der Waals surface area contributed by atoms with E-state index in [0.717, 1.165) is 17.5 Å². The number of carbonyl (C=O) groups excluding carboxylic acids is 1. The van der Waals surface area contributed by atoms with E-state index in [4.69, 9.17) is 16.0 Å². The number of nitrogens with zero attached hydrogens (tertiary/aromatic N) is 1. The zero-order valence-electron chi connectivity index (χ0n) is 13.9. The maximum atomic E-state index is 12.6. The monoisotopic (exact) mass is 344 g/mol. The van der Waals surface area contributed by atoms with Crippen molar-refractivity contribution in [3.05, 3.63) is 58.9 Å². The van der Waals surface area contributed by atoms with Gasteiger partial charge in [0.2, 0.25) is 0 Å². The van der Waals surface area contributed by atoms with Gasteiger partial charge in [0.15, 0.2) is 5.58 Å². The summed E-state index contributed by atoms with van der Waals surface area (Å²) in [5.41, 5.74) is 3.15. The zero-order valence-corrected chi connectivity index (χ0v) is 14.6. The summed E-state index contributed by atoms with van der Waals surface area (Å²) in [7, 11) is 0. The molecular weight excluding hydrogens is 324 g/mol. The third kappa shape index (κ3) is 3.49. The molecule has 0 saturated heterocycles. The first-order valence-electron chi connectivity index (χ1n) is 8.14. The highest BCUT2D eigenvalue weighted by molar-refractivity contribution is 6.31. The number of benzene rings is 1. The summed E-state index contributed by atoms with van der Waals surface area (Å²) in [6.07, 6.45) is 2.58. The standard InChI is InChI=1S/C19H21ClN2O2/c1-13(2)7-9-21-19(23)17-11-18-16(8-10-24-18)22(17)12-14-5-3-4-6-15(14)20/h3-6,8,10-11,13H,7,9,12H2,1-2H3,(H,21,23). The lowest BCUT2D eigenvalue weighted by Gasteiger charge is -2.12. The lowest BCUT2D eigenvalue weighted by molar-refractivity contribution is 0.0943. The summed E-state index contributed by atoms with van der Waals surface area (Å²) in [4.78, 5) is 12.6. The average molecular weight is 345 g/mol. The van der Waals surface area contributed by atoms with Crippen molar-refractivity contribution in [3.63, 3.8) is 0 Å². The molecule has 2 aromatic heterocycles. The third-order valence-electron chi connectivity index (χ3n) is 4.05. The van der Waals surface area contributed by atoms with Crippen LogP contribution >= 0.6 is 11.6 Å². The Morgan fingerprint density at radius 2 is 2.08 bits per heavy atom. The van der Waals surface area contributed by atoms with Crippen molar-refractivity contribution < 1.29 is 9.21 Å². The summed E-state index contributed by atoms with van der Waals surface area (Å²) in [5, 5.41) is 3.68. The van der Waals surface area contributed by atoms with E-state index in [1.807, 2.05) is 34.9 Å². The SMILES string of the molecule is CC(C)CCNC(=O)c1cc2occc2n1Cc1ccccc1Cl. The molecule has 0 saturated carbocycles. The number of amides is 1. The molecule has 5 heteroatoms. The number of aromatic nitrogens is 1. The molecule has 1 amide bonds. The quantitative estimate of drug-likeness (QED) is 0.703. The Kier molecular flexibility index (Phi) is 4.95. The van der Waals surface area contributed by atoms with E-state index in [2.05, 4.69) is 19.2 Å². The molecule has 126 valence electrons. The van der Waals surface area contributed by atoms with Crippen LogP contribution in [0.1, 0.15) is 36.3 Å². The summed E-state index contributed by atoms with van der Waals surface area (Å²) < 4.78 is 7.42. The van der Waals surface area contributed by atoms with E-state index < -0.39 is 0 Å². The van der Waals surface area contributed by atoms with E-state index in [-0.39, 0.29) is 5.91 Å². The minimum absolute atomic E-state index is 0.0888. The third-order valence-corrected chi connectivity index (χ3v) is 4.42. The highest BCUT2D eigenvalue weighted by Crippen LogP contribution is 2.24. The molecule has 2 heterocycles. The highest BCUT2D eigenvalue weighted by atomic mass is 35.5. The minimum Gasteiger partial charge on any atom is -0.463 e. The van der Waals surface area contributed by atoms with E-state index in [1.165, 1.54) is 0 Å². The van der Waals surface area contributed by atoms with E-state index in [1.54, 1.807) is 12.3 Å². The second kappa shape index (κ2) is 7.14. The topological polar surface area (TPSA) is 47.2 Å². The van der Waals surface area contributed by atoms with Crippen LogP contribution in [-0.4, -0.2) is 17.0 Å². The van der Waals surface area contributed by atoms with Gasteiger partial charge < -0.3 is 14.3 Å². The Balaban J connectivity index is 1.89. The molecule has 0 atom stereocenters. The molecule has 0 aliphatic rings. The van der Waals surface area contributed by atoms with Gasteiger partial charge in [-0.3, -0.25) is 4.79 Å². The van der Waals surface area contributed by atoms with Crippen LogP contribution in [0.25, 0.3) is 11.1 Å². The summed E-state index contributed by atoms with van der Waals surface area (Å²) in [6, 6.07) is 11.3. The molecule has 3 rings (SSSR count). The van der Waals surface area contributed by atoms with Crippen LogP contribution in [0.2, 0.25) is 5.02 Å². The average Bonchev–Trinajstić information content (AvgIpc) is 3.11. The van der Waals surface area contributed by atoms with E-state index >= 15 is 0 Å². The molecule has 0 unspecified atom stereocenters. The smallest absolute Gasteiger partial charge is 0.268 e. The first kappa shape index (κ1) is 16.7. The first-order chi connectivity index (χ1) is 11.6. The van der Waals surface area contributed by atoms with Gasteiger partial charge in [-0.05, 0) is 24.0 Å². The predicted octanol–water partition coefficient (Wildman–Crippen LogP) is 4.71. The lowest BCUT2D eigenvalue weighted by atomic mass is 10.1. The van der Waals surface area contributed by atoms with Gasteiger partial charge in [0.05, 0.1) is 11.8 Å². The number of carbonyl (C=O) groups is 1. The molecule has 0 aliphatic heterocycles. The Morgan fingerprint density at radius 1 is 1.29 bits per heavy atom. The molecule has 3 aromatic rings. The predicted molar refractivity (Wildman–Crippen MR) is 96.5 cm³/mol. The molecule has 0 spiro atoms. The number of rotatable bonds is 6. The Bertz CT molecular complexity index is 848. The fourth-order valence-electron chi connectivity index (χ4n) is 2.70. The van der Waals surface area contributed by atoms with Gasteiger partial charge in [0.25, 0.3) is 5.91 Å². The maximum absolute atomic E-state index is 12.6. The van der Waals surface area contributed by atoms with Crippen molar-refractivity contribution in [1.82, 2.24) is 9.88 Å².